The van der Waals surface area contributed by atoms with E-state index in [2.05, 4.69) is 10.3 Å². The molecule has 33 heavy (non-hydrogen) atoms. The van der Waals surface area contributed by atoms with Crippen LogP contribution >= 0.6 is 11.8 Å². The van der Waals surface area contributed by atoms with Crippen LogP contribution in [0.3, 0.4) is 0 Å². The summed E-state index contributed by atoms with van der Waals surface area (Å²) in [5.41, 5.74) is 1.33. The number of halogens is 1. The number of nitrogens with zero attached hydrogens (tertiary/aromatic N) is 3. The molecule has 1 aliphatic heterocycles. The molecule has 0 aliphatic carbocycles. The SMILES string of the molecule is Cc1cccc2c(=O)n(CC(=O)NCCN3C(=O)S/C(=C\c4ccccc4F)C3=O)cnc12. The summed E-state index contributed by atoms with van der Waals surface area (Å²) in [5.74, 6) is -1.50. The second-order valence-electron chi connectivity index (χ2n) is 7.35. The molecule has 0 unspecified atom stereocenters. The third kappa shape index (κ3) is 4.70. The van der Waals surface area contributed by atoms with E-state index < -0.39 is 22.9 Å². The summed E-state index contributed by atoms with van der Waals surface area (Å²) in [5, 5.41) is 2.52. The molecule has 0 radical (unpaired) electrons. The van der Waals surface area contributed by atoms with Gasteiger partial charge in [-0.2, -0.15) is 0 Å². The fourth-order valence-corrected chi connectivity index (χ4v) is 4.25. The molecule has 1 aliphatic rings. The Morgan fingerprint density at radius 3 is 2.73 bits per heavy atom. The van der Waals surface area contributed by atoms with Gasteiger partial charge in [-0.3, -0.25) is 28.6 Å². The van der Waals surface area contributed by atoms with Gasteiger partial charge in [-0.05, 0) is 42.5 Å². The molecule has 0 atom stereocenters. The number of fused-ring (bicyclic) bond motifs is 1. The first-order valence-electron chi connectivity index (χ1n) is 10.1. The van der Waals surface area contributed by atoms with Crippen LogP contribution in [0.25, 0.3) is 17.0 Å². The van der Waals surface area contributed by atoms with Gasteiger partial charge in [0.1, 0.15) is 12.4 Å². The minimum absolute atomic E-state index is 0.0126. The van der Waals surface area contributed by atoms with Gasteiger partial charge >= 0.3 is 0 Å². The van der Waals surface area contributed by atoms with E-state index in [1.165, 1.54) is 35.2 Å². The number of benzene rings is 2. The largest absolute Gasteiger partial charge is 0.353 e. The molecule has 1 N–H and O–H groups in total. The molecule has 8 nitrogen and oxygen atoms in total. The number of thioether (sulfide) groups is 1. The minimum atomic E-state index is -0.548. The van der Waals surface area contributed by atoms with Crippen molar-refractivity contribution in [3.8, 4) is 0 Å². The first-order chi connectivity index (χ1) is 15.8. The topological polar surface area (TPSA) is 101 Å². The molecular weight excluding hydrogens is 447 g/mol. The van der Waals surface area contributed by atoms with Crippen LogP contribution in [0.2, 0.25) is 0 Å². The number of rotatable bonds is 6. The maximum absolute atomic E-state index is 13.8. The smallest absolute Gasteiger partial charge is 0.293 e. The van der Waals surface area contributed by atoms with E-state index in [9.17, 15) is 23.6 Å². The maximum Gasteiger partial charge on any atom is 0.293 e. The number of aromatic nitrogens is 2. The molecule has 2 heterocycles. The zero-order valence-electron chi connectivity index (χ0n) is 17.6. The molecule has 3 aromatic rings. The van der Waals surface area contributed by atoms with Gasteiger partial charge in [-0.15, -0.1) is 0 Å². The van der Waals surface area contributed by atoms with Crippen molar-refractivity contribution in [2.45, 2.75) is 13.5 Å². The Bertz CT molecular complexity index is 1370. The zero-order chi connectivity index (χ0) is 23.5. The van der Waals surface area contributed by atoms with E-state index in [0.717, 1.165) is 10.5 Å². The zero-order valence-corrected chi connectivity index (χ0v) is 18.4. The first kappa shape index (κ1) is 22.4. The van der Waals surface area contributed by atoms with E-state index in [1.807, 2.05) is 13.0 Å². The highest BCUT2D eigenvalue weighted by atomic mass is 32.2. The maximum atomic E-state index is 13.8. The highest BCUT2D eigenvalue weighted by Gasteiger charge is 2.34. The van der Waals surface area contributed by atoms with Crippen molar-refractivity contribution in [3.63, 3.8) is 0 Å². The van der Waals surface area contributed by atoms with E-state index >= 15 is 0 Å². The van der Waals surface area contributed by atoms with Crippen LogP contribution in [-0.2, 0) is 16.1 Å². The Balaban J connectivity index is 1.36. The second kappa shape index (κ2) is 9.37. The molecular formula is C23H19FN4O4S. The van der Waals surface area contributed by atoms with Gasteiger partial charge in [0.25, 0.3) is 16.7 Å². The number of imide groups is 1. The number of carbonyl (C=O) groups excluding carboxylic acids is 3. The first-order valence-corrected chi connectivity index (χ1v) is 10.9. The lowest BCUT2D eigenvalue weighted by Crippen LogP contribution is -2.39. The van der Waals surface area contributed by atoms with Crippen LogP contribution in [0.4, 0.5) is 9.18 Å². The standard InChI is InChI=1S/C23H19FN4O4S/c1-14-5-4-7-16-20(14)26-13-27(21(16)30)12-19(29)25-9-10-28-22(31)18(33-23(28)32)11-15-6-2-3-8-17(15)24/h2-8,11,13H,9-10,12H2,1H3,(H,25,29)/b18-11-. The molecule has 1 fully saturated rings. The number of hydrogen-bond acceptors (Lipinski definition) is 6. The quantitative estimate of drug-likeness (QED) is 0.561. The summed E-state index contributed by atoms with van der Waals surface area (Å²) >= 11 is 0.716. The van der Waals surface area contributed by atoms with Crippen LogP contribution in [0.15, 0.2) is 58.5 Å². The number of hydrogen-bond donors (Lipinski definition) is 1. The summed E-state index contributed by atoms with van der Waals surface area (Å²) in [6.07, 6.45) is 2.65. The number of aryl methyl sites for hydroxylation is 1. The molecule has 2 aromatic carbocycles. The number of carbonyl (C=O) groups is 3. The molecule has 1 saturated heterocycles. The Hall–Kier alpha value is -3.79. The summed E-state index contributed by atoms with van der Waals surface area (Å²) in [6.45, 7) is 1.57. The molecule has 10 heteroatoms. The third-order valence-electron chi connectivity index (χ3n) is 5.09. The molecule has 0 bridgehead atoms. The number of para-hydroxylation sites is 1. The lowest BCUT2D eigenvalue weighted by atomic mass is 10.1. The highest BCUT2D eigenvalue weighted by Crippen LogP contribution is 2.32. The fourth-order valence-electron chi connectivity index (χ4n) is 3.39. The Morgan fingerprint density at radius 1 is 1.15 bits per heavy atom. The minimum Gasteiger partial charge on any atom is -0.353 e. The summed E-state index contributed by atoms with van der Waals surface area (Å²) in [7, 11) is 0. The van der Waals surface area contributed by atoms with Crippen LogP contribution in [0.5, 0.6) is 0 Å². The average Bonchev–Trinajstić information content (AvgIpc) is 3.05. The molecule has 0 saturated carbocycles. The Morgan fingerprint density at radius 2 is 1.94 bits per heavy atom. The lowest BCUT2D eigenvalue weighted by Gasteiger charge is -2.13. The van der Waals surface area contributed by atoms with Gasteiger partial charge in [-0.1, -0.05) is 30.3 Å². The second-order valence-corrected chi connectivity index (χ2v) is 8.35. The van der Waals surface area contributed by atoms with Crippen LogP contribution in [-0.4, -0.2) is 44.6 Å². The van der Waals surface area contributed by atoms with Crippen LogP contribution in [0, 0.1) is 12.7 Å². The molecule has 1 aromatic heterocycles. The van der Waals surface area contributed by atoms with E-state index in [4.69, 9.17) is 0 Å². The Labute approximate surface area is 192 Å². The lowest BCUT2D eigenvalue weighted by molar-refractivity contribution is -0.124. The summed E-state index contributed by atoms with van der Waals surface area (Å²) in [4.78, 5) is 55.0. The van der Waals surface area contributed by atoms with Crippen LogP contribution < -0.4 is 10.9 Å². The summed E-state index contributed by atoms with van der Waals surface area (Å²) < 4.78 is 15.0. The van der Waals surface area contributed by atoms with Gasteiger partial charge < -0.3 is 5.32 Å². The number of amides is 3. The average molecular weight is 466 g/mol. The molecule has 0 spiro atoms. The predicted molar refractivity (Wildman–Crippen MR) is 123 cm³/mol. The van der Waals surface area contributed by atoms with Crippen molar-refractivity contribution in [1.82, 2.24) is 19.8 Å². The molecule has 4 rings (SSSR count). The fraction of sp³-hybridized carbons (Fsp3) is 0.174. The van der Waals surface area contributed by atoms with E-state index in [-0.39, 0.29) is 35.7 Å². The Kier molecular flexibility index (Phi) is 6.36. The monoisotopic (exact) mass is 466 g/mol. The van der Waals surface area contributed by atoms with E-state index in [1.54, 1.807) is 18.2 Å². The van der Waals surface area contributed by atoms with Crippen molar-refractivity contribution in [2.75, 3.05) is 13.1 Å². The van der Waals surface area contributed by atoms with Gasteiger partial charge in [0.15, 0.2) is 0 Å². The van der Waals surface area contributed by atoms with Gasteiger partial charge in [0.2, 0.25) is 5.91 Å². The molecule has 3 amide bonds. The van der Waals surface area contributed by atoms with Crippen molar-refractivity contribution in [1.29, 1.82) is 0 Å². The third-order valence-corrected chi connectivity index (χ3v) is 6.00. The highest BCUT2D eigenvalue weighted by molar-refractivity contribution is 8.18. The van der Waals surface area contributed by atoms with Crippen molar-refractivity contribution < 1.29 is 18.8 Å². The van der Waals surface area contributed by atoms with Gasteiger partial charge in [-0.25, -0.2) is 9.37 Å². The van der Waals surface area contributed by atoms with Crippen molar-refractivity contribution >= 4 is 45.8 Å². The van der Waals surface area contributed by atoms with Crippen molar-refractivity contribution in [3.05, 3.63) is 81.0 Å². The van der Waals surface area contributed by atoms with Gasteiger partial charge in [0, 0.05) is 18.7 Å². The van der Waals surface area contributed by atoms with Crippen molar-refractivity contribution in [2.24, 2.45) is 0 Å². The predicted octanol–water partition coefficient (Wildman–Crippen LogP) is 2.70. The normalized spacial score (nSPS) is 15.0. The van der Waals surface area contributed by atoms with Crippen LogP contribution in [0.1, 0.15) is 11.1 Å². The van der Waals surface area contributed by atoms with E-state index in [0.29, 0.717) is 22.7 Å². The summed E-state index contributed by atoms with van der Waals surface area (Å²) in [6, 6.07) is 11.2. The number of nitrogens with one attached hydrogen (secondary N) is 1. The molecule has 168 valence electrons. The van der Waals surface area contributed by atoms with Gasteiger partial charge in [0.05, 0.1) is 22.1 Å².